The van der Waals surface area contributed by atoms with Gasteiger partial charge in [-0.2, -0.15) is 0 Å². The van der Waals surface area contributed by atoms with Crippen molar-refractivity contribution >= 4 is 28.5 Å². The molecule has 0 aliphatic carbocycles. The standard InChI is InChI=1S/C29H33N7/c1-19-26-7-5-9-28(35-26)21(3)33-18-25(17-23-11-13-24(30)14-12-23)34-22(4)29-10-6-8-27(36-29)20(2)32-16-15-31-19/h5-14,25H,15-18,30H2,1-4H3. The lowest BCUT2D eigenvalue weighted by Crippen LogP contribution is -2.18. The number of benzene rings is 1. The summed E-state index contributed by atoms with van der Waals surface area (Å²) in [7, 11) is 0. The number of hydrogen-bond donors (Lipinski definition) is 1. The van der Waals surface area contributed by atoms with Crippen molar-refractivity contribution in [2.45, 2.75) is 40.2 Å². The van der Waals surface area contributed by atoms with E-state index in [1.54, 1.807) is 0 Å². The molecule has 184 valence electrons. The second-order valence-corrected chi connectivity index (χ2v) is 8.99. The number of pyridine rings is 2. The second kappa shape index (κ2) is 11.6. The van der Waals surface area contributed by atoms with Crippen molar-refractivity contribution in [2.75, 3.05) is 25.4 Å². The number of nitrogens with two attached hydrogens (primary N) is 1. The van der Waals surface area contributed by atoms with Crippen molar-refractivity contribution in [3.05, 3.63) is 89.0 Å². The summed E-state index contributed by atoms with van der Waals surface area (Å²) in [5.41, 5.74) is 14.7. The first-order valence-corrected chi connectivity index (χ1v) is 12.3. The molecule has 0 fully saturated rings. The first-order chi connectivity index (χ1) is 17.4. The first kappa shape index (κ1) is 25.1. The summed E-state index contributed by atoms with van der Waals surface area (Å²) in [6, 6.07) is 19.8. The Kier molecular flexibility index (Phi) is 8.10. The van der Waals surface area contributed by atoms with E-state index in [-0.39, 0.29) is 6.04 Å². The molecular weight excluding hydrogens is 446 g/mol. The number of fused-ring (bicyclic) bond motifs is 4. The summed E-state index contributed by atoms with van der Waals surface area (Å²) in [6.07, 6.45) is 0.744. The van der Waals surface area contributed by atoms with E-state index in [0.29, 0.717) is 19.6 Å². The highest BCUT2D eigenvalue weighted by atomic mass is 14.9. The molecule has 4 bridgehead atoms. The van der Waals surface area contributed by atoms with E-state index in [1.807, 2.05) is 88.4 Å². The van der Waals surface area contributed by atoms with Crippen LogP contribution in [-0.4, -0.2) is 58.5 Å². The molecule has 1 aromatic carbocycles. The zero-order valence-corrected chi connectivity index (χ0v) is 21.4. The summed E-state index contributed by atoms with van der Waals surface area (Å²) < 4.78 is 0. The van der Waals surface area contributed by atoms with Crippen molar-refractivity contribution in [3.8, 4) is 0 Å². The molecular formula is C29H33N7. The fraction of sp³-hybridized carbons (Fsp3) is 0.310. The van der Waals surface area contributed by atoms with Crippen molar-refractivity contribution in [1.82, 2.24) is 9.97 Å². The monoisotopic (exact) mass is 479 g/mol. The fourth-order valence-corrected chi connectivity index (χ4v) is 4.01. The number of aromatic nitrogens is 2. The van der Waals surface area contributed by atoms with E-state index >= 15 is 0 Å². The summed E-state index contributed by atoms with van der Waals surface area (Å²) >= 11 is 0. The van der Waals surface area contributed by atoms with Gasteiger partial charge in [0.15, 0.2) is 0 Å². The fourth-order valence-electron chi connectivity index (χ4n) is 4.01. The van der Waals surface area contributed by atoms with Crippen LogP contribution in [0.1, 0.15) is 56.0 Å². The van der Waals surface area contributed by atoms with Gasteiger partial charge in [0.2, 0.25) is 0 Å². The molecule has 3 aromatic rings. The van der Waals surface area contributed by atoms with Crippen molar-refractivity contribution < 1.29 is 0 Å². The Morgan fingerprint density at radius 2 is 1.11 bits per heavy atom. The van der Waals surface area contributed by atoms with Crippen LogP contribution in [-0.2, 0) is 6.42 Å². The van der Waals surface area contributed by atoms with E-state index in [9.17, 15) is 0 Å². The normalized spacial score (nSPS) is 17.2. The van der Waals surface area contributed by atoms with Crippen LogP contribution in [0.5, 0.6) is 0 Å². The molecule has 0 saturated carbocycles. The smallest absolute Gasteiger partial charge is 0.0845 e. The van der Waals surface area contributed by atoms with Gasteiger partial charge in [0.25, 0.3) is 0 Å². The van der Waals surface area contributed by atoms with Crippen molar-refractivity contribution in [1.29, 1.82) is 0 Å². The third-order valence-electron chi connectivity index (χ3n) is 6.15. The van der Waals surface area contributed by atoms with Gasteiger partial charge in [-0.05, 0) is 76.1 Å². The molecule has 7 heteroatoms. The highest BCUT2D eigenvalue weighted by Crippen LogP contribution is 2.13. The molecule has 1 aliphatic rings. The molecule has 36 heavy (non-hydrogen) atoms. The summed E-state index contributed by atoms with van der Waals surface area (Å²) in [6.45, 7) is 9.69. The number of rotatable bonds is 2. The molecule has 1 aliphatic heterocycles. The SMILES string of the molecule is CC1=NCCN=C(C)c2cccc(n2)C(C)=NC(Cc2ccc(N)cc2)CN=C(C)c2cccc1n2. The van der Waals surface area contributed by atoms with Gasteiger partial charge in [0.05, 0.1) is 71.3 Å². The van der Waals surface area contributed by atoms with Gasteiger partial charge in [0.1, 0.15) is 0 Å². The quantitative estimate of drug-likeness (QED) is 0.543. The highest BCUT2D eigenvalue weighted by molar-refractivity contribution is 6.02. The molecule has 2 aromatic heterocycles. The number of nitrogens with zero attached hydrogens (tertiary/aromatic N) is 6. The van der Waals surface area contributed by atoms with Crippen LogP contribution in [0.3, 0.4) is 0 Å². The van der Waals surface area contributed by atoms with Crippen LogP contribution < -0.4 is 5.73 Å². The Morgan fingerprint density at radius 1 is 0.639 bits per heavy atom. The Balaban J connectivity index is 1.75. The van der Waals surface area contributed by atoms with Crippen LogP contribution in [0.25, 0.3) is 0 Å². The third kappa shape index (κ3) is 6.56. The number of hydrogen-bond acceptors (Lipinski definition) is 7. The largest absolute Gasteiger partial charge is 0.399 e. The van der Waals surface area contributed by atoms with Crippen LogP contribution in [0.4, 0.5) is 5.69 Å². The molecule has 0 saturated heterocycles. The molecule has 0 radical (unpaired) electrons. The van der Waals surface area contributed by atoms with Gasteiger partial charge in [-0.15, -0.1) is 0 Å². The number of anilines is 1. The van der Waals surface area contributed by atoms with Crippen LogP contribution in [0.2, 0.25) is 0 Å². The van der Waals surface area contributed by atoms with Gasteiger partial charge in [0, 0.05) is 5.69 Å². The summed E-state index contributed by atoms with van der Waals surface area (Å²) in [5.74, 6) is 0. The van der Waals surface area contributed by atoms with Gasteiger partial charge in [-0.1, -0.05) is 24.3 Å². The summed E-state index contributed by atoms with van der Waals surface area (Å²) in [5, 5.41) is 0. The molecule has 1 unspecified atom stereocenters. The van der Waals surface area contributed by atoms with Crippen molar-refractivity contribution in [3.63, 3.8) is 0 Å². The van der Waals surface area contributed by atoms with E-state index in [2.05, 4.69) is 4.99 Å². The molecule has 0 spiro atoms. The predicted molar refractivity (Wildman–Crippen MR) is 150 cm³/mol. The topological polar surface area (TPSA) is 101 Å². The van der Waals surface area contributed by atoms with Crippen LogP contribution >= 0.6 is 0 Å². The molecule has 0 amide bonds. The molecule has 4 rings (SSSR count). The van der Waals surface area contributed by atoms with Gasteiger partial charge in [-0.25, -0.2) is 9.97 Å². The molecule has 2 N–H and O–H groups in total. The minimum absolute atomic E-state index is 0.0610. The molecule has 1 atom stereocenters. The average molecular weight is 480 g/mol. The van der Waals surface area contributed by atoms with E-state index < -0.39 is 0 Å². The zero-order chi connectivity index (χ0) is 25.5. The van der Waals surface area contributed by atoms with E-state index in [0.717, 1.165) is 63.3 Å². The van der Waals surface area contributed by atoms with E-state index in [4.69, 9.17) is 30.7 Å². The summed E-state index contributed by atoms with van der Waals surface area (Å²) in [4.78, 5) is 29.0. The maximum Gasteiger partial charge on any atom is 0.0845 e. The lowest BCUT2D eigenvalue weighted by atomic mass is 10.1. The Bertz CT molecular complexity index is 1330. The maximum atomic E-state index is 5.89. The van der Waals surface area contributed by atoms with Crippen LogP contribution in [0, 0.1) is 0 Å². The minimum Gasteiger partial charge on any atom is -0.399 e. The third-order valence-corrected chi connectivity index (χ3v) is 6.15. The zero-order valence-electron chi connectivity index (χ0n) is 21.4. The van der Waals surface area contributed by atoms with Crippen LogP contribution in [0.15, 0.2) is 80.6 Å². The van der Waals surface area contributed by atoms with Crippen molar-refractivity contribution in [2.24, 2.45) is 20.0 Å². The number of aliphatic imine (C=N–C) groups is 4. The maximum absolute atomic E-state index is 5.89. The Labute approximate surface area is 213 Å². The number of nitrogen functional groups attached to an aromatic ring is 1. The lowest BCUT2D eigenvalue weighted by molar-refractivity contribution is 0.681. The first-order valence-electron chi connectivity index (χ1n) is 12.3. The van der Waals surface area contributed by atoms with E-state index in [1.165, 1.54) is 0 Å². The predicted octanol–water partition coefficient (Wildman–Crippen LogP) is 4.62. The van der Waals surface area contributed by atoms with Gasteiger partial charge < -0.3 is 5.73 Å². The molecule has 7 nitrogen and oxygen atoms in total. The molecule has 3 heterocycles. The van der Waals surface area contributed by atoms with Gasteiger partial charge >= 0.3 is 0 Å². The average Bonchev–Trinajstić information content (AvgIpc) is 2.90. The van der Waals surface area contributed by atoms with Gasteiger partial charge in [-0.3, -0.25) is 20.0 Å². The second-order valence-electron chi connectivity index (χ2n) is 8.99. The lowest BCUT2D eigenvalue weighted by Gasteiger charge is -2.14. The Morgan fingerprint density at radius 3 is 1.64 bits per heavy atom. The minimum atomic E-state index is -0.0610. The Hall–Kier alpha value is -4.00. The highest BCUT2D eigenvalue weighted by Gasteiger charge is 2.12.